The fourth-order valence-corrected chi connectivity index (χ4v) is 1.78. The van der Waals surface area contributed by atoms with Crippen LogP contribution in [0.2, 0.25) is 0 Å². The van der Waals surface area contributed by atoms with Crippen LogP contribution in [0.5, 0.6) is 0 Å². The van der Waals surface area contributed by atoms with Crippen molar-refractivity contribution in [2.75, 3.05) is 6.61 Å². The summed E-state index contributed by atoms with van der Waals surface area (Å²) in [4.78, 5) is 4.21. The van der Waals surface area contributed by atoms with E-state index in [2.05, 4.69) is 10.1 Å². The third-order valence-electron chi connectivity index (χ3n) is 3.08. The van der Waals surface area contributed by atoms with Crippen LogP contribution in [0.3, 0.4) is 0 Å². The van der Waals surface area contributed by atoms with Crippen LogP contribution in [0.4, 0.5) is 4.39 Å². The lowest BCUT2D eigenvalue weighted by atomic mass is 10.0. The molecule has 0 saturated carbocycles. The van der Waals surface area contributed by atoms with Gasteiger partial charge in [0, 0.05) is 0 Å². The molecule has 2 N–H and O–H groups in total. The van der Waals surface area contributed by atoms with Crippen LogP contribution in [-0.2, 0) is 10.3 Å². The maximum atomic E-state index is 14.1. The lowest BCUT2D eigenvalue weighted by Gasteiger charge is -2.21. The van der Waals surface area contributed by atoms with Gasteiger partial charge < -0.3 is 15.0 Å². The zero-order valence-corrected chi connectivity index (χ0v) is 12.7. The number of hydrogen-bond donors (Lipinski definition) is 1. The second-order valence-electron chi connectivity index (χ2n) is 5.64. The highest BCUT2D eigenvalue weighted by Crippen LogP contribution is 2.25. The van der Waals surface area contributed by atoms with E-state index < -0.39 is 5.54 Å². The Morgan fingerprint density at radius 2 is 2.14 bits per heavy atom. The lowest BCUT2D eigenvalue weighted by molar-refractivity contribution is 0.0410. The molecule has 2 rings (SSSR count). The number of benzene rings is 1. The largest absolute Gasteiger partial charge is 0.376 e. The molecule has 0 saturated heterocycles. The predicted octanol–water partition coefficient (Wildman–Crippen LogP) is 2.78. The normalized spacial score (nSPS) is 14.4. The van der Waals surface area contributed by atoms with Gasteiger partial charge >= 0.3 is 0 Å². The third-order valence-corrected chi connectivity index (χ3v) is 3.08. The summed E-state index contributed by atoms with van der Waals surface area (Å²) < 4.78 is 24.7. The Bertz CT molecular complexity index is 623. The molecule has 1 aromatic heterocycles. The Morgan fingerprint density at radius 1 is 1.43 bits per heavy atom. The molecule has 21 heavy (non-hydrogen) atoms. The minimum absolute atomic E-state index is 0.0495. The molecule has 0 bridgehead atoms. The van der Waals surface area contributed by atoms with Gasteiger partial charge in [0.15, 0.2) is 5.82 Å². The van der Waals surface area contributed by atoms with Crippen LogP contribution >= 0.6 is 0 Å². The van der Waals surface area contributed by atoms with Crippen LogP contribution in [0.15, 0.2) is 22.7 Å². The first-order chi connectivity index (χ1) is 9.81. The van der Waals surface area contributed by atoms with Gasteiger partial charge in [-0.15, -0.1) is 0 Å². The molecule has 0 aliphatic carbocycles. The molecule has 0 aliphatic rings. The van der Waals surface area contributed by atoms with E-state index >= 15 is 0 Å². The lowest BCUT2D eigenvalue weighted by Crippen LogP contribution is -2.40. The number of aryl methyl sites for hydroxylation is 1. The fourth-order valence-electron chi connectivity index (χ4n) is 1.78. The van der Waals surface area contributed by atoms with Gasteiger partial charge in [0.05, 0.1) is 18.3 Å². The Balaban J connectivity index is 2.27. The standard InChI is InChI=1S/C15H20FN3O2/c1-9(2)20-8-15(4,17)14-18-13(21-19-14)11-7-5-6-10(3)12(11)16/h5-7,9H,8,17H2,1-4H3. The summed E-state index contributed by atoms with van der Waals surface area (Å²) in [5.74, 6) is 0.0383. The minimum atomic E-state index is -0.897. The van der Waals surface area contributed by atoms with Crippen LogP contribution in [0, 0.1) is 12.7 Å². The van der Waals surface area contributed by atoms with Gasteiger partial charge in [-0.2, -0.15) is 4.98 Å². The van der Waals surface area contributed by atoms with Gasteiger partial charge in [-0.25, -0.2) is 4.39 Å². The van der Waals surface area contributed by atoms with E-state index in [1.54, 1.807) is 32.0 Å². The Morgan fingerprint density at radius 3 is 2.81 bits per heavy atom. The number of hydrogen-bond acceptors (Lipinski definition) is 5. The molecule has 114 valence electrons. The maximum absolute atomic E-state index is 14.1. The van der Waals surface area contributed by atoms with Gasteiger partial charge in [-0.3, -0.25) is 0 Å². The van der Waals surface area contributed by atoms with E-state index in [-0.39, 0.29) is 30.0 Å². The summed E-state index contributed by atoms with van der Waals surface area (Å²) in [7, 11) is 0. The van der Waals surface area contributed by atoms with Crippen molar-refractivity contribution < 1.29 is 13.7 Å². The summed E-state index contributed by atoms with van der Waals surface area (Å²) in [5.41, 5.74) is 6.04. The van der Waals surface area contributed by atoms with E-state index in [9.17, 15) is 4.39 Å². The Kier molecular flexibility index (Phi) is 4.39. The molecule has 1 aromatic carbocycles. The first-order valence-electron chi connectivity index (χ1n) is 6.81. The highest BCUT2D eigenvalue weighted by Gasteiger charge is 2.29. The molecule has 1 unspecified atom stereocenters. The average Bonchev–Trinajstić information content (AvgIpc) is 2.90. The van der Waals surface area contributed by atoms with Gasteiger partial charge in [-0.05, 0) is 39.3 Å². The smallest absolute Gasteiger partial charge is 0.260 e. The Labute approximate surface area is 123 Å². The van der Waals surface area contributed by atoms with Crippen molar-refractivity contribution in [2.24, 2.45) is 5.73 Å². The molecular weight excluding hydrogens is 273 g/mol. The number of nitrogens with two attached hydrogens (primary N) is 1. The zero-order valence-electron chi connectivity index (χ0n) is 12.7. The van der Waals surface area contributed by atoms with Gasteiger partial charge in [0.1, 0.15) is 11.4 Å². The van der Waals surface area contributed by atoms with Crippen molar-refractivity contribution >= 4 is 0 Å². The average molecular weight is 293 g/mol. The molecule has 0 spiro atoms. The van der Waals surface area contributed by atoms with Crippen LogP contribution in [0.1, 0.15) is 32.2 Å². The van der Waals surface area contributed by atoms with E-state index in [1.807, 2.05) is 13.8 Å². The van der Waals surface area contributed by atoms with Crippen molar-refractivity contribution in [1.82, 2.24) is 10.1 Å². The van der Waals surface area contributed by atoms with Gasteiger partial charge in [0.25, 0.3) is 5.89 Å². The quantitative estimate of drug-likeness (QED) is 0.917. The molecule has 5 nitrogen and oxygen atoms in total. The predicted molar refractivity (Wildman–Crippen MR) is 77.1 cm³/mol. The number of aromatic nitrogens is 2. The van der Waals surface area contributed by atoms with Crippen LogP contribution < -0.4 is 5.73 Å². The van der Waals surface area contributed by atoms with Crippen molar-refractivity contribution in [3.63, 3.8) is 0 Å². The molecule has 6 heteroatoms. The number of rotatable bonds is 5. The molecule has 0 aliphatic heterocycles. The van der Waals surface area contributed by atoms with Crippen molar-refractivity contribution in [1.29, 1.82) is 0 Å². The third kappa shape index (κ3) is 3.46. The summed E-state index contributed by atoms with van der Waals surface area (Å²) in [6, 6.07) is 5.01. The SMILES string of the molecule is Cc1cccc(-c2nc(C(C)(N)COC(C)C)no2)c1F. The number of halogens is 1. The second-order valence-corrected chi connectivity index (χ2v) is 5.64. The van der Waals surface area contributed by atoms with Gasteiger partial charge in [0.2, 0.25) is 0 Å². The maximum Gasteiger partial charge on any atom is 0.260 e. The first-order valence-corrected chi connectivity index (χ1v) is 6.81. The molecule has 1 atom stereocenters. The van der Waals surface area contributed by atoms with Crippen LogP contribution in [0.25, 0.3) is 11.5 Å². The van der Waals surface area contributed by atoms with E-state index in [1.165, 1.54) is 0 Å². The molecule has 0 fully saturated rings. The van der Waals surface area contributed by atoms with Crippen LogP contribution in [-0.4, -0.2) is 22.9 Å². The highest BCUT2D eigenvalue weighted by molar-refractivity contribution is 5.55. The van der Waals surface area contributed by atoms with E-state index in [4.69, 9.17) is 15.0 Å². The molecule has 0 amide bonds. The van der Waals surface area contributed by atoms with Crippen molar-refractivity contribution in [3.05, 3.63) is 35.4 Å². The summed E-state index contributed by atoms with van der Waals surface area (Å²) in [6.45, 7) is 7.51. The summed E-state index contributed by atoms with van der Waals surface area (Å²) >= 11 is 0. The van der Waals surface area contributed by atoms with Gasteiger partial charge in [-0.1, -0.05) is 17.3 Å². The molecular formula is C15H20FN3O2. The van der Waals surface area contributed by atoms with Crippen molar-refractivity contribution in [3.8, 4) is 11.5 Å². The zero-order chi connectivity index (χ0) is 15.6. The summed E-state index contributed by atoms with van der Waals surface area (Å²) in [6.07, 6.45) is 0.0495. The van der Waals surface area contributed by atoms with Crippen molar-refractivity contribution in [2.45, 2.75) is 39.3 Å². The summed E-state index contributed by atoms with van der Waals surface area (Å²) in [5, 5.41) is 3.86. The Hall–Kier alpha value is -1.79. The first kappa shape index (κ1) is 15.6. The second kappa shape index (κ2) is 5.91. The van der Waals surface area contributed by atoms with E-state index in [0.29, 0.717) is 11.4 Å². The number of ether oxygens (including phenoxy) is 1. The molecule has 1 heterocycles. The monoisotopic (exact) mass is 293 g/mol. The molecule has 0 radical (unpaired) electrons. The highest BCUT2D eigenvalue weighted by atomic mass is 19.1. The fraction of sp³-hybridized carbons (Fsp3) is 0.467. The van der Waals surface area contributed by atoms with E-state index in [0.717, 1.165) is 0 Å². The topological polar surface area (TPSA) is 74.2 Å². The number of nitrogens with zero attached hydrogens (tertiary/aromatic N) is 2. The minimum Gasteiger partial charge on any atom is -0.376 e. The molecule has 2 aromatic rings.